The van der Waals surface area contributed by atoms with Crippen molar-refractivity contribution in [3.63, 3.8) is 0 Å². The fourth-order valence-corrected chi connectivity index (χ4v) is 1.84. The van der Waals surface area contributed by atoms with Gasteiger partial charge in [0.25, 0.3) is 0 Å². The summed E-state index contributed by atoms with van der Waals surface area (Å²) in [5, 5.41) is 4.15. The van der Waals surface area contributed by atoms with Crippen LogP contribution in [0.15, 0.2) is 48.5 Å². The first kappa shape index (κ1) is 12.8. The highest BCUT2D eigenvalue weighted by molar-refractivity contribution is 6.30. The predicted octanol–water partition coefficient (Wildman–Crippen LogP) is 4.00. The van der Waals surface area contributed by atoms with E-state index in [-0.39, 0.29) is 0 Å². The molecule has 0 aliphatic carbocycles. The zero-order chi connectivity index (χ0) is 12.8. The monoisotopic (exact) mass is 261 g/mol. The lowest BCUT2D eigenvalue weighted by atomic mass is 10.1. The van der Waals surface area contributed by atoms with Crippen LogP contribution in [0.3, 0.4) is 0 Å². The largest absolute Gasteiger partial charge is 0.497 e. The van der Waals surface area contributed by atoms with Crippen molar-refractivity contribution in [2.45, 2.75) is 6.42 Å². The highest BCUT2D eigenvalue weighted by Crippen LogP contribution is 2.15. The molecular formula is C15H16ClNO. The summed E-state index contributed by atoms with van der Waals surface area (Å²) in [6.45, 7) is 0.897. The molecule has 0 heterocycles. The fraction of sp³-hybridized carbons (Fsp3) is 0.200. The molecule has 0 aliphatic heterocycles. The lowest BCUT2D eigenvalue weighted by molar-refractivity contribution is 0.415. The average Bonchev–Trinajstić information content (AvgIpc) is 2.42. The fourth-order valence-electron chi connectivity index (χ4n) is 1.71. The van der Waals surface area contributed by atoms with Gasteiger partial charge in [0.2, 0.25) is 0 Å². The Morgan fingerprint density at radius 3 is 2.28 bits per heavy atom. The molecule has 0 bridgehead atoms. The van der Waals surface area contributed by atoms with Crippen LogP contribution >= 0.6 is 11.6 Å². The summed E-state index contributed by atoms with van der Waals surface area (Å²) < 4.78 is 5.11. The molecule has 0 atom stereocenters. The minimum absolute atomic E-state index is 0.780. The molecule has 0 spiro atoms. The third-order valence-electron chi connectivity index (χ3n) is 2.75. The van der Waals surface area contributed by atoms with Gasteiger partial charge in [0.15, 0.2) is 0 Å². The van der Waals surface area contributed by atoms with Gasteiger partial charge in [-0.15, -0.1) is 0 Å². The van der Waals surface area contributed by atoms with Gasteiger partial charge < -0.3 is 10.1 Å². The van der Waals surface area contributed by atoms with Crippen molar-refractivity contribution in [2.24, 2.45) is 0 Å². The second-order valence-electron chi connectivity index (χ2n) is 4.03. The number of anilines is 1. The van der Waals surface area contributed by atoms with E-state index in [0.29, 0.717) is 0 Å². The standard InChI is InChI=1S/C15H16ClNO/c1-18-15-8-6-14(7-9-15)17-11-10-12-2-4-13(16)5-3-12/h2-9,17H,10-11H2,1H3. The van der Waals surface area contributed by atoms with E-state index in [1.807, 2.05) is 36.4 Å². The summed E-state index contributed by atoms with van der Waals surface area (Å²) in [6.07, 6.45) is 0.975. The van der Waals surface area contributed by atoms with E-state index in [1.54, 1.807) is 7.11 Å². The van der Waals surface area contributed by atoms with E-state index in [9.17, 15) is 0 Å². The normalized spacial score (nSPS) is 10.1. The van der Waals surface area contributed by atoms with E-state index < -0.39 is 0 Å². The number of halogens is 1. The van der Waals surface area contributed by atoms with Crippen molar-refractivity contribution in [1.29, 1.82) is 0 Å². The molecule has 0 radical (unpaired) electrons. The minimum atomic E-state index is 0.780. The molecule has 2 nitrogen and oxygen atoms in total. The number of methoxy groups -OCH3 is 1. The quantitative estimate of drug-likeness (QED) is 0.878. The minimum Gasteiger partial charge on any atom is -0.497 e. The summed E-state index contributed by atoms with van der Waals surface area (Å²) in [6, 6.07) is 15.9. The zero-order valence-corrected chi connectivity index (χ0v) is 11.1. The van der Waals surface area contributed by atoms with Crippen LogP contribution in [-0.2, 0) is 6.42 Å². The van der Waals surface area contributed by atoms with Crippen molar-refractivity contribution < 1.29 is 4.74 Å². The van der Waals surface area contributed by atoms with Gasteiger partial charge >= 0.3 is 0 Å². The van der Waals surface area contributed by atoms with Gasteiger partial charge in [0.05, 0.1) is 7.11 Å². The first-order valence-corrected chi connectivity index (χ1v) is 6.28. The highest BCUT2D eigenvalue weighted by Gasteiger charge is 1.95. The Morgan fingerprint density at radius 2 is 1.67 bits per heavy atom. The van der Waals surface area contributed by atoms with Gasteiger partial charge in [0.1, 0.15) is 5.75 Å². The average molecular weight is 262 g/mol. The molecule has 2 aromatic carbocycles. The lowest BCUT2D eigenvalue weighted by Crippen LogP contribution is -2.04. The Morgan fingerprint density at radius 1 is 1.00 bits per heavy atom. The number of ether oxygens (including phenoxy) is 1. The SMILES string of the molecule is COc1ccc(NCCc2ccc(Cl)cc2)cc1. The number of hydrogen-bond acceptors (Lipinski definition) is 2. The third-order valence-corrected chi connectivity index (χ3v) is 3.00. The molecule has 18 heavy (non-hydrogen) atoms. The summed E-state index contributed by atoms with van der Waals surface area (Å²) in [7, 11) is 1.67. The maximum absolute atomic E-state index is 5.84. The second-order valence-corrected chi connectivity index (χ2v) is 4.47. The van der Waals surface area contributed by atoms with Crippen molar-refractivity contribution in [1.82, 2.24) is 0 Å². The van der Waals surface area contributed by atoms with Crippen LogP contribution in [0.5, 0.6) is 5.75 Å². The molecule has 2 aromatic rings. The van der Waals surface area contributed by atoms with Gasteiger partial charge in [-0.25, -0.2) is 0 Å². The van der Waals surface area contributed by atoms with Crippen molar-refractivity contribution in [3.05, 3.63) is 59.1 Å². The Kier molecular flexibility index (Phi) is 4.48. The Hall–Kier alpha value is -1.67. The summed E-state index contributed by atoms with van der Waals surface area (Å²) >= 11 is 5.84. The molecular weight excluding hydrogens is 246 g/mol. The van der Waals surface area contributed by atoms with Crippen LogP contribution in [-0.4, -0.2) is 13.7 Å². The maximum Gasteiger partial charge on any atom is 0.119 e. The molecule has 0 aliphatic rings. The Balaban J connectivity index is 1.82. The van der Waals surface area contributed by atoms with Gasteiger partial charge in [-0.05, 0) is 48.4 Å². The van der Waals surface area contributed by atoms with E-state index in [0.717, 1.165) is 29.4 Å². The first-order chi connectivity index (χ1) is 8.78. The molecule has 94 valence electrons. The molecule has 1 N–H and O–H groups in total. The van der Waals surface area contributed by atoms with E-state index >= 15 is 0 Å². The van der Waals surface area contributed by atoms with Crippen LogP contribution in [0.1, 0.15) is 5.56 Å². The molecule has 2 rings (SSSR count). The van der Waals surface area contributed by atoms with Crippen LogP contribution in [0.2, 0.25) is 5.02 Å². The van der Waals surface area contributed by atoms with E-state index in [1.165, 1.54) is 5.56 Å². The van der Waals surface area contributed by atoms with E-state index in [4.69, 9.17) is 16.3 Å². The van der Waals surface area contributed by atoms with Gasteiger partial charge in [-0.1, -0.05) is 23.7 Å². The summed E-state index contributed by atoms with van der Waals surface area (Å²) in [5.41, 5.74) is 2.38. The highest BCUT2D eigenvalue weighted by atomic mass is 35.5. The van der Waals surface area contributed by atoms with Crippen molar-refractivity contribution in [3.8, 4) is 5.75 Å². The number of hydrogen-bond donors (Lipinski definition) is 1. The van der Waals surface area contributed by atoms with Crippen LogP contribution in [0, 0.1) is 0 Å². The Bertz CT molecular complexity index is 479. The summed E-state index contributed by atoms with van der Waals surface area (Å²) in [5.74, 6) is 0.873. The smallest absolute Gasteiger partial charge is 0.119 e. The topological polar surface area (TPSA) is 21.3 Å². The van der Waals surface area contributed by atoms with Crippen LogP contribution in [0.4, 0.5) is 5.69 Å². The lowest BCUT2D eigenvalue weighted by Gasteiger charge is -2.07. The molecule has 3 heteroatoms. The van der Waals surface area contributed by atoms with Crippen LogP contribution in [0.25, 0.3) is 0 Å². The van der Waals surface area contributed by atoms with Crippen molar-refractivity contribution in [2.75, 3.05) is 19.0 Å². The zero-order valence-electron chi connectivity index (χ0n) is 10.3. The number of rotatable bonds is 5. The first-order valence-electron chi connectivity index (χ1n) is 5.90. The molecule has 0 amide bonds. The maximum atomic E-state index is 5.84. The second kappa shape index (κ2) is 6.31. The summed E-state index contributed by atoms with van der Waals surface area (Å²) in [4.78, 5) is 0. The molecule has 0 saturated heterocycles. The van der Waals surface area contributed by atoms with Gasteiger partial charge in [0, 0.05) is 17.3 Å². The predicted molar refractivity (Wildman–Crippen MR) is 76.6 cm³/mol. The van der Waals surface area contributed by atoms with Crippen molar-refractivity contribution >= 4 is 17.3 Å². The third kappa shape index (κ3) is 3.67. The molecule has 0 aromatic heterocycles. The van der Waals surface area contributed by atoms with E-state index in [2.05, 4.69) is 17.4 Å². The number of nitrogens with one attached hydrogen (secondary N) is 1. The Labute approximate surface area is 113 Å². The molecule has 0 saturated carbocycles. The number of benzene rings is 2. The molecule has 0 unspecified atom stereocenters. The van der Waals surface area contributed by atoms with Gasteiger partial charge in [-0.3, -0.25) is 0 Å². The van der Waals surface area contributed by atoms with Crippen LogP contribution < -0.4 is 10.1 Å². The molecule has 0 fully saturated rings. The van der Waals surface area contributed by atoms with Gasteiger partial charge in [-0.2, -0.15) is 0 Å².